The number of aryl methyl sites for hydroxylation is 1. The fourth-order valence-corrected chi connectivity index (χ4v) is 4.15. The maximum Gasteiger partial charge on any atom is 0.260 e. The zero-order valence-corrected chi connectivity index (χ0v) is 17.1. The summed E-state index contributed by atoms with van der Waals surface area (Å²) in [6, 6.07) is 11.5. The lowest BCUT2D eigenvalue weighted by Gasteiger charge is -2.21. The monoisotopic (exact) mass is 398 g/mol. The van der Waals surface area contributed by atoms with Crippen LogP contribution in [0.25, 0.3) is 10.2 Å². The van der Waals surface area contributed by atoms with Crippen LogP contribution in [0.4, 0.5) is 5.13 Å². The summed E-state index contributed by atoms with van der Waals surface area (Å²) in [5, 5.41) is 0.701. The molecule has 6 nitrogen and oxygen atoms in total. The number of rotatable bonds is 5. The van der Waals surface area contributed by atoms with Crippen molar-refractivity contribution in [2.75, 3.05) is 45.3 Å². The Morgan fingerprint density at radius 3 is 2.61 bits per heavy atom. The number of thiazole rings is 1. The van der Waals surface area contributed by atoms with Crippen LogP contribution in [0.1, 0.15) is 15.9 Å². The minimum absolute atomic E-state index is 0.0179. The van der Waals surface area contributed by atoms with E-state index in [1.54, 1.807) is 4.90 Å². The molecular formula is C21H24N3O3S+. The Bertz CT molecular complexity index is 972. The molecule has 2 heterocycles. The van der Waals surface area contributed by atoms with Gasteiger partial charge in [0.05, 0.1) is 37.4 Å². The van der Waals surface area contributed by atoms with Gasteiger partial charge in [0.1, 0.15) is 13.2 Å². The fourth-order valence-electron chi connectivity index (χ4n) is 3.15. The molecule has 4 rings (SSSR count). The first-order valence-corrected chi connectivity index (χ1v) is 10.2. The highest BCUT2D eigenvalue weighted by atomic mass is 32.1. The number of aromatic nitrogens is 1. The predicted octanol–water partition coefficient (Wildman–Crippen LogP) is 2.17. The van der Waals surface area contributed by atoms with Crippen molar-refractivity contribution in [1.29, 1.82) is 0 Å². The maximum atomic E-state index is 13.3. The van der Waals surface area contributed by atoms with Crippen molar-refractivity contribution in [3.63, 3.8) is 0 Å². The largest absolute Gasteiger partial charge is 0.486 e. The number of carbonyl (C=O) groups excluding carboxylic acids is 1. The third-order valence-electron chi connectivity index (χ3n) is 4.73. The van der Waals surface area contributed by atoms with E-state index < -0.39 is 0 Å². The molecule has 146 valence electrons. The molecular weight excluding hydrogens is 374 g/mol. The van der Waals surface area contributed by atoms with Gasteiger partial charge in [0.2, 0.25) is 0 Å². The Hall–Kier alpha value is -2.64. The zero-order chi connectivity index (χ0) is 19.7. The van der Waals surface area contributed by atoms with Crippen LogP contribution < -0.4 is 19.3 Å². The quantitative estimate of drug-likeness (QED) is 0.716. The number of anilines is 1. The number of carbonyl (C=O) groups is 1. The number of nitrogens with one attached hydrogen (secondary N) is 1. The van der Waals surface area contributed by atoms with Crippen molar-refractivity contribution in [1.82, 2.24) is 4.98 Å². The van der Waals surface area contributed by atoms with Crippen LogP contribution in [0.15, 0.2) is 36.4 Å². The van der Waals surface area contributed by atoms with Gasteiger partial charge in [-0.15, -0.1) is 0 Å². The van der Waals surface area contributed by atoms with Crippen molar-refractivity contribution < 1.29 is 19.2 Å². The van der Waals surface area contributed by atoms with Crippen molar-refractivity contribution in [2.24, 2.45) is 0 Å². The van der Waals surface area contributed by atoms with Crippen LogP contribution >= 0.6 is 11.3 Å². The Kier molecular flexibility index (Phi) is 5.19. The number of hydrogen-bond acceptors (Lipinski definition) is 5. The third-order valence-corrected chi connectivity index (χ3v) is 5.77. The summed E-state index contributed by atoms with van der Waals surface area (Å²) in [6.45, 7) is 4.48. The van der Waals surface area contributed by atoms with E-state index in [0.717, 1.165) is 28.1 Å². The van der Waals surface area contributed by atoms with Crippen LogP contribution in [0, 0.1) is 6.92 Å². The van der Waals surface area contributed by atoms with E-state index in [1.165, 1.54) is 16.2 Å². The lowest BCUT2D eigenvalue weighted by molar-refractivity contribution is -0.856. The van der Waals surface area contributed by atoms with Gasteiger partial charge < -0.3 is 14.4 Å². The smallest absolute Gasteiger partial charge is 0.260 e. The molecule has 0 atom stereocenters. The van der Waals surface area contributed by atoms with Gasteiger partial charge >= 0.3 is 0 Å². The topological polar surface area (TPSA) is 56.1 Å². The van der Waals surface area contributed by atoms with Gasteiger partial charge in [-0.25, -0.2) is 4.98 Å². The first-order chi connectivity index (χ1) is 13.5. The van der Waals surface area contributed by atoms with Crippen molar-refractivity contribution in [3.8, 4) is 11.5 Å². The lowest BCUT2D eigenvalue weighted by atomic mass is 10.1. The van der Waals surface area contributed by atoms with Crippen LogP contribution in [0.5, 0.6) is 11.5 Å². The van der Waals surface area contributed by atoms with Crippen molar-refractivity contribution in [2.45, 2.75) is 6.92 Å². The molecule has 0 radical (unpaired) electrons. The number of amides is 1. The van der Waals surface area contributed by atoms with E-state index in [2.05, 4.69) is 14.1 Å². The molecule has 1 aliphatic heterocycles. The number of ether oxygens (including phenoxy) is 2. The van der Waals surface area contributed by atoms with Crippen molar-refractivity contribution in [3.05, 3.63) is 47.5 Å². The number of quaternary nitrogens is 1. The average molecular weight is 399 g/mol. The van der Waals surface area contributed by atoms with Gasteiger partial charge in [0.15, 0.2) is 16.6 Å². The van der Waals surface area contributed by atoms with E-state index in [4.69, 9.17) is 14.5 Å². The molecule has 2 aromatic carbocycles. The molecule has 1 aliphatic rings. The summed E-state index contributed by atoms with van der Waals surface area (Å²) < 4.78 is 12.3. The molecule has 0 unspecified atom stereocenters. The normalized spacial score (nSPS) is 13.1. The number of fused-ring (bicyclic) bond motifs is 2. The molecule has 3 aromatic rings. The molecule has 0 fully saturated rings. The molecule has 1 amide bonds. The van der Waals surface area contributed by atoms with E-state index in [1.807, 2.05) is 43.3 Å². The number of hydrogen-bond donors (Lipinski definition) is 1. The zero-order valence-electron chi connectivity index (χ0n) is 16.3. The van der Waals surface area contributed by atoms with Gasteiger partial charge in [0, 0.05) is 17.7 Å². The Morgan fingerprint density at radius 2 is 1.89 bits per heavy atom. The van der Waals surface area contributed by atoms with Gasteiger partial charge in [-0.2, -0.15) is 0 Å². The van der Waals surface area contributed by atoms with Crippen LogP contribution in [-0.2, 0) is 0 Å². The Labute approximate surface area is 168 Å². The summed E-state index contributed by atoms with van der Waals surface area (Å²) in [6.07, 6.45) is 0. The minimum Gasteiger partial charge on any atom is -0.486 e. The molecule has 28 heavy (non-hydrogen) atoms. The first-order valence-electron chi connectivity index (χ1n) is 9.39. The molecule has 1 N–H and O–H groups in total. The summed E-state index contributed by atoms with van der Waals surface area (Å²) >= 11 is 1.51. The van der Waals surface area contributed by atoms with Crippen LogP contribution in [0.2, 0.25) is 0 Å². The molecule has 1 aromatic heterocycles. The second kappa shape index (κ2) is 7.77. The molecule has 0 spiro atoms. The van der Waals surface area contributed by atoms with E-state index >= 15 is 0 Å². The Morgan fingerprint density at radius 1 is 1.18 bits per heavy atom. The highest BCUT2D eigenvalue weighted by molar-refractivity contribution is 7.22. The standard InChI is InChI=1S/C21H23N3O3S/c1-14-6-4-5-7-15(14)20(25)24(9-8-23(2)3)21-22-16-12-17-18(13-19(16)28-21)27-11-10-26-17/h4-7,12-13H,8-11H2,1-3H3/p+1. The van der Waals surface area contributed by atoms with Gasteiger partial charge in [-0.1, -0.05) is 29.5 Å². The summed E-state index contributed by atoms with van der Waals surface area (Å²) in [4.78, 5) is 21.2. The van der Waals surface area contributed by atoms with Crippen molar-refractivity contribution >= 4 is 32.6 Å². The average Bonchev–Trinajstić information content (AvgIpc) is 3.08. The third kappa shape index (κ3) is 3.68. The number of benzene rings is 2. The molecule has 0 saturated heterocycles. The second-order valence-electron chi connectivity index (χ2n) is 7.19. The van der Waals surface area contributed by atoms with Gasteiger partial charge in [-0.05, 0) is 18.6 Å². The first kappa shape index (κ1) is 18.7. The SMILES string of the molecule is Cc1ccccc1C(=O)N(CC[NH+](C)C)c1nc2cc3c(cc2s1)OCCO3. The summed E-state index contributed by atoms with van der Waals surface area (Å²) in [5.74, 6) is 1.43. The Balaban J connectivity index is 1.73. The van der Waals surface area contributed by atoms with Gasteiger partial charge in [0.25, 0.3) is 5.91 Å². The van der Waals surface area contributed by atoms with Crippen LogP contribution in [0.3, 0.4) is 0 Å². The molecule has 7 heteroatoms. The van der Waals surface area contributed by atoms with E-state index in [-0.39, 0.29) is 5.91 Å². The summed E-state index contributed by atoms with van der Waals surface area (Å²) in [5.41, 5.74) is 2.50. The molecule has 0 bridgehead atoms. The van der Waals surface area contributed by atoms with Crippen LogP contribution in [-0.4, -0.2) is 51.3 Å². The van der Waals surface area contributed by atoms with E-state index in [9.17, 15) is 4.79 Å². The predicted molar refractivity (Wildman–Crippen MR) is 111 cm³/mol. The summed E-state index contributed by atoms with van der Waals surface area (Å²) in [7, 11) is 4.16. The highest BCUT2D eigenvalue weighted by Crippen LogP contribution is 2.39. The van der Waals surface area contributed by atoms with Gasteiger partial charge in [-0.3, -0.25) is 9.69 Å². The lowest BCUT2D eigenvalue weighted by Crippen LogP contribution is -3.06. The second-order valence-corrected chi connectivity index (χ2v) is 8.20. The number of likely N-dealkylation sites (N-methyl/N-ethyl adjacent to an activating group) is 1. The molecule has 0 aliphatic carbocycles. The molecule has 0 saturated carbocycles. The maximum absolute atomic E-state index is 13.3. The number of nitrogens with zero attached hydrogens (tertiary/aromatic N) is 2. The fraction of sp³-hybridized carbons (Fsp3) is 0.333. The van der Waals surface area contributed by atoms with E-state index in [0.29, 0.717) is 36.2 Å². The highest BCUT2D eigenvalue weighted by Gasteiger charge is 2.24. The minimum atomic E-state index is -0.0179.